The summed E-state index contributed by atoms with van der Waals surface area (Å²) >= 11 is 0. The number of hydrogen-bond acceptors (Lipinski definition) is 3. The van der Waals surface area contributed by atoms with E-state index in [-0.39, 0.29) is 11.6 Å². The number of sulfonamides is 1. The van der Waals surface area contributed by atoms with Crippen LogP contribution >= 0.6 is 0 Å². The molecule has 4 nitrogen and oxygen atoms in total. The molecule has 0 spiro atoms. The minimum absolute atomic E-state index is 0.0750. The van der Waals surface area contributed by atoms with Gasteiger partial charge >= 0.3 is 0 Å². The zero-order valence-electron chi connectivity index (χ0n) is 8.84. The molecule has 16 heavy (non-hydrogen) atoms. The molecular weight excluding hydrogens is 224 g/mol. The molecule has 2 N–H and O–H groups in total. The topological polar surface area (TPSA) is 72.5 Å². The standard InChI is InChI=1S/C11H12N2O2S/c1-2-4-8-5-3-6-9-7-16(14,15)13-11(12)10(8)9/h2-6H,7H2,1H3,(H2,12,13)/b4-2+. The van der Waals surface area contributed by atoms with E-state index in [0.29, 0.717) is 5.56 Å². The van der Waals surface area contributed by atoms with Crippen LogP contribution < -0.4 is 5.73 Å². The molecule has 0 radical (unpaired) electrons. The van der Waals surface area contributed by atoms with Gasteiger partial charge in [-0.05, 0) is 18.1 Å². The molecule has 0 atom stereocenters. The molecule has 0 saturated carbocycles. The first-order valence-corrected chi connectivity index (χ1v) is 6.47. The third kappa shape index (κ3) is 1.86. The maximum atomic E-state index is 11.4. The summed E-state index contributed by atoms with van der Waals surface area (Å²) in [6, 6.07) is 5.48. The van der Waals surface area contributed by atoms with Gasteiger partial charge in [-0.15, -0.1) is 4.40 Å². The van der Waals surface area contributed by atoms with Crippen LogP contribution in [0, 0.1) is 0 Å². The highest BCUT2D eigenvalue weighted by Gasteiger charge is 2.23. The summed E-state index contributed by atoms with van der Waals surface area (Å²) in [6.07, 6.45) is 3.77. The Morgan fingerprint density at radius 2 is 2.19 bits per heavy atom. The zero-order chi connectivity index (χ0) is 11.8. The second-order valence-corrected chi connectivity index (χ2v) is 5.22. The molecule has 1 aliphatic heterocycles. The van der Waals surface area contributed by atoms with Gasteiger partial charge in [-0.2, -0.15) is 0 Å². The van der Waals surface area contributed by atoms with E-state index in [2.05, 4.69) is 4.40 Å². The summed E-state index contributed by atoms with van der Waals surface area (Å²) in [4.78, 5) is 0. The van der Waals surface area contributed by atoms with E-state index in [9.17, 15) is 8.42 Å². The van der Waals surface area contributed by atoms with Crippen LogP contribution in [0.4, 0.5) is 0 Å². The van der Waals surface area contributed by atoms with E-state index < -0.39 is 10.0 Å². The van der Waals surface area contributed by atoms with Gasteiger partial charge in [0.15, 0.2) is 0 Å². The minimum atomic E-state index is -3.44. The Labute approximate surface area is 94.6 Å². The number of rotatable bonds is 1. The lowest BCUT2D eigenvalue weighted by atomic mass is 10.0. The molecule has 0 amide bonds. The van der Waals surface area contributed by atoms with Crippen molar-refractivity contribution in [3.05, 3.63) is 41.0 Å². The third-order valence-corrected chi connectivity index (χ3v) is 3.51. The molecule has 0 unspecified atom stereocenters. The SMILES string of the molecule is C/C=C/c1cccc2c1C(N)=NS(=O)(=O)C2. The molecule has 1 aromatic carbocycles. The maximum Gasteiger partial charge on any atom is 0.259 e. The fourth-order valence-electron chi connectivity index (χ4n) is 1.80. The number of nitrogens with two attached hydrogens (primary N) is 1. The van der Waals surface area contributed by atoms with E-state index in [1.165, 1.54) is 0 Å². The highest BCUT2D eigenvalue weighted by molar-refractivity contribution is 7.89. The van der Waals surface area contributed by atoms with Crippen LogP contribution in [0.25, 0.3) is 6.08 Å². The summed E-state index contributed by atoms with van der Waals surface area (Å²) in [5, 5.41) is 0. The molecule has 0 fully saturated rings. The molecule has 0 aliphatic carbocycles. The number of nitrogens with zero attached hydrogens (tertiary/aromatic N) is 1. The van der Waals surface area contributed by atoms with Crippen LogP contribution in [0.1, 0.15) is 23.6 Å². The molecule has 1 heterocycles. The van der Waals surface area contributed by atoms with Gasteiger partial charge in [-0.1, -0.05) is 30.4 Å². The molecule has 1 aromatic rings. The van der Waals surface area contributed by atoms with Crippen molar-refractivity contribution in [3.8, 4) is 0 Å². The van der Waals surface area contributed by atoms with Gasteiger partial charge in [-0.3, -0.25) is 0 Å². The Bertz CT molecular complexity index is 586. The molecular formula is C11H12N2O2S. The van der Waals surface area contributed by atoms with Crippen molar-refractivity contribution in [1.82, 2.24) is 0 Å². The van der Waals surface area contributed by atoms with Crippen LogP contribution in [0.3, 0.4) is 0 Å². The van der Waals surface area contributed by atoms with Gasteiger partial charge < -0.3 is 5.73 Å². The average molecular weight is 236 g/mol. The van der Waals surface area contributed by atoms with Crippen molar-refractivity contribution in [3.63, 3.8) is 0 Å². The second-order valence-electron chi connectivity index (χ2n) is 3.58. The number of allylic oxidation sites excluding steroid dienone is 1. The molecule has 84 valence electrons. The van der Waals surface area contributed by atoms with Crippen molar-refractivity contribution in [2.75, 3.05) is 0 Å². The minimum Gasteiger partial charge on any atom is -0.383 e. The summed E-state index contributed by atoms with van der Waals surface area (Å²) in [5.41, 5.74) is 8.03. The van der Waals surface area contributed by atoms with Crippen LogP contribution in [-0.4, -0.2) is 14.3 Å². The number of benzene rings is 1. The zero-order valence-corrected chi connectivity index (χ0v) is 9.66. The largest absolute Gasteiger partial charge is 0.383 e. The lowest BCUT2D eigenvalue weighted by Crippen LogP contribution is -2.24. The molecule has 0 bridgehead atoms. The van der Waals surface area contributed by atoms with Crippen molar-refractivity contribution in [2.24, 2.45) is 10.1 Å². The van der Waals surface area contributed by atoms with Gasteiger partial charge in [0.25, 0.3) is 10.0 Å². The van der Waals surface area contributed by atoms with Gasteiger partial charge in [0.2, 0.25) is 0 Å². The lowest BCUT2D eigenvalue weighted by molar-refractivity contribution is 0.596. The molecule has 0 aromatic heterocycles. The van der Waals surface area contributed by atoms with Gasteiger partial charge in [-0.25, -0.2) is 8.42 Å². The summed E-state index contributed by atoms with van der Waals surface area (Å²) in [6.45, 7) is 1.90. The van der Waals surface area contributed by atoms with Crippen LogP contribution in [0.15, 0.2) is 28.7 Å². The first-order valence-electron chi connectivity index (χ1n) is 4.86. The van der Waals surface area contributed by atoms with Crippen LogP contribution in [0.2, 0.25) is 0 Å². The van der Waals surface area contributed by atoms with E-state index in [1.54, 1.807) is 6.07 Å². The van der Waals surface area contributed by atoms with Crippen molar-refractivity contribution >= 4 is 21.9 Å². The first-order chi connectivity index (χ1) is 7.53. The fourth-order valence-corrected chi connectivity index (χ4v) is 2.88. The van der Waals surface area contributed by atoms with Gasteiger partial charge in [0.1, 0.15) is 5.84 Å². The monoisotopic (exact) mass is 236 g/mol. The van der Waals surface area contributed by atoms with Crippen molar-refractivity contribution < 1.29 is 8.42 Å². The number of fused-ring (bicyclic) bond motifs is 1. The summed E-state index contributed by atoms with van der Waals surface area (Å²) < 4.78 is 26.3. The highest BCUT2D eigenvalue weighted by Crippen LogP contribution is 2.23. The van der Waals surface area contributed by atoms with Crippen LogP contribution in [0.5, 0.6) is 0 Å². The highest BCUT2D eigenvalue weighted by atomic mass is 32.2. The average Bonchev–Trinajstić information content (AvgIpc) is 2.15. The van der Waals surface area contributed by atoms with Gasteiger partial charge in [0, 0.05) is 5.56 Å². The maximum absolute atomic E-state index is 11.4. The summed E-state index contributed by atoms with van der Waals surface area (Å²) in [7, 11) is -3.44. The fraction of sp³-hybridized carbons (Fsp3) is 0.182. The third-order valence-electron chi connectivity index (χ3n) is 2.36. The normalized spacial score (nSPS) is 18.2. The number of hydrogen-bond donors (Lipinski definition) is 1. The smallest absolute Gasteiger partial charge is 0.259 e. The predicted molar refractivity (Wildman–Crippen MR) is 64.5 cm³/mol. The van der Waals surface area contributed by atoms with E-state index >= 15 is 0 Å². The quantitative estimate of drug-likeness (QED) is 0.798. The predicted octanol–water partition coefficient (Wildman–Crippen LogP) is 1.27. The molecule has 2 rings (SSSR count). The Balaban J connectivity index is 2.70. The second kappa shape index (κ2) is 3.75. The van der Waals surface area contributed by atoms with Crippen molar-refractivity contribution in [1.29, 1.82) is 0 Å². The Hall–Kier alpha value is -1.62. The van der Waals surface area contributed by atoms with Gasteiger partial charge in [0.05, 0.1) is 5.75 Å². The Morgan fingerprint density at radius 1 is 1.44 bits per heavy atom. The van der Waals surface area contributed by atoms with Crippen LogP contribution in [-0.2, 0) is 15.8 Å². The molecule has 5 heteroatoms. The lowest BCUT2D eigenvalue weighted by Gasteiger charge is -2.16. The Morgan fingerprint density at radius 3 is 2.88 bits per heavy atom. The van der Waals surface area contributed by atoms with Crippen molar-refractivity contribution in [2.45, 2.75) is 12.7 Å². The molecule has 1 aliphatic rings. The molecule has 0 saturated heterocycles. The Kier molecular flexibility index (Phi) is 2.55. The van der Waals surface area contributed by atoms with E-state index in [0.717, 1.165) is 11.1 Å². The van der Waals surface area contributed by atoms with E-state index in [1.807, 2.05) is 31.2 Å². The van der Waals surface area contributed by atoms with E-state index in [4.69, 9.17) is 5.73 Å². The number of amidine groups is 1. The first kappa shape index (κ1) is 10.9. The summed E-state index contributed by atoms with van der Waals surface area (Å²) in [5.74, 6) is 0.00368.